The number of hydrogen-bond acceptors (Lipinski definition) is 5. The Hall–Kier alpha value is -1.30. The predicted molar refractivity (Wildman–Crippen MR) is 76.5 cm³/mol. The molecule has 0 aliphatic heterocycles. The fourth-order valence-corrected chi connectivity index (χ4v) is 1.68. The van der Waals surface area contributed by atoms with Gasteiger partial charge in [0, 0.05) is 13.0 Å². The van der Waals surface area contributed by atoms with Crippen LogP contribution in [0.3, 0.4) is 0 Å². The van der Waals surface area contributed by atoms with Gasteiger partial charge >= 0.3 is 5.97 Å². The smallest absolute Gasteiger partial charge is 0.308 e. The summed E-state index contributed by atoms with van der Waals surface area (Å²) in [6, 6.07) is 4.69. The molecule has 1 aromatic rings. The number of phenolic OH excluding ortho intramolecular Hbond substituents is 1. The third-order valence-corrected chi connectivity index (χ3v) is 2.63. The van der Waals surface area contributed by atoms with E-state index in [-0.39, 0.29) is 29.9 Å². The zero-order valence-electron chi connectivity index (χ0n) is 11.0. The second-order valence-corrected chi connectivity index (χ2v) is 4.21. The maximum Gasteiger partial charge on any atom is 0.308 e. The monoisotopic (exact) mass is 288 g/mol. The van der Waals surface area contributed by atoms with E-state index in [2.05, 4.69) is 0 Å². The minimum absolute atomic E-state index is 0. The molecule has 0 fully saturated rings. The van der Waals surface area contributed by atoms with Crippen molar-refractivity contribution in [3.05, 3.63) is 23.8 Å². The summed E-state index contributed by atoms with van der Waals surface area (Å²) in [4.78, 5) is 10.8. The SMILES string of the molecule is CC(=O)Oc1ccc([C@@H](N)CCCCN)cc1O.Cl. The lowest BCUT2D eigenvalue weighted by Crippen LogP contribution is -2.11. The molecule has 0 aromatic heterocycles. The first kappa shape index (κ1) is 17.7. The highest BCUT2D eigenvalue weighted by Crippen LogP contribution is 2.30. The summed E-state index contributed by atoms with van der Waals surface area (Å²) in [6.07, 6.45) is 2.69. The van der Waals surface area contributed by atoms with E-state index >= 15 is 0 Å². The van der Waals surface area contributed by atoms with Crippen molar-refractivity contribution in [3.63, 3.8) is 0 Å². The van der Waals surface area contributed by atoms with E-state index in [1.807, 2.05) is 0 Å². The van der Waals surface area contributed by atoms with Crippen LogP contribution in [0.15, 0.2) is 18.2 Å². The summed E-state index contributed by atoms with van der Waals surface area (Å²) in [5, 5.41) is 9.71. The number of aromatic hydroxyl groups is 1. The third-order valence-electron chi connectivity index (χ3n) is 2.63. The lowest BCUT2D eigenvalue weighted by molar-refractivity contribution is -0.132. The molecule has 0 spiro atoms. The number of ether oxygens (including phenoxy) is 1. The van der Waals surface area contributed by atoms with Crippen molar-refractivity contribution < 1.29 is 14.6 Å². The second-order valence-electron chi connectivity index (χ2n) is 4.21. The first-order chi connectivity index (χ1) is 8.54. The number of carbonyl (C=O) groups is 1. The van der Waals surface area contributed by atoms with E-state index in [9.17, 15) is 9.90 Å². The number of carbonyl (C=O) groups excluding carboxylic acids is 1. The van der Waals surface area contributed by atoms with Crippen molar-refractivity contribution in [2.45, 2.75) is 32.2 Å². The van der Waals surface area contributed by atoms with E-state index in [1.54, 1.807) is 12.1 Å². The summed E-state index contributed by atoms with van der Waals surface area (Å²) in [6.45, 7) is 1.94. The van der Waals surface area contributed by atoms with Crippen molar-refractivity contribution in [2.24, 2.45) is 11.5 Å². The number of esters is 1. The Bertz CT molecular complexity index is 413. The topological polar surface area (TPSA) is 98.6 Å². The quantitative estimate of drug-likeness (QED) is 0.422. The molecule has 0 saturated carbocycles. The Kier molecular flexibility index (Phi) is 8.14. The molecule has 0 radical (unpaired) electrons. The standard InChI is InChI=1S/C13H20N2O3.ClH/c1-9(16)18-13-6-5-10(8-12(13)17)11(15)4-2-3-7-14;/h5-6,8,11,17H,2-4,7,14-15H2,1H3;1H/t11-;/m0./s1. The van der Waals surface area contributed by atoms with Gasteiger partial charge in [0.2, 0.25) is 0 Å². The molecule has 0 amide bonds. The minimum Gasteiger partial charge on any atom is -0.504 e. The van der Waals surface area contributed by atoms with E-state index in [0.29, 0.717) is 6.54 Å². The highest BCUT2D eigenvalue weighted by atomic mass is 35.5. The molecule has 19 heavy (non-hydrogen) atoms. The lowest BCUT2D eigenvalue weighted by Gasteiger charge is -2.13. The summed E-state index contributed by atoms with van der Waals surface area (Å²) in [7, 11) is 0. The van der Waals surface area contributed by atoms with Crippen LogP contribution in [-0.2, 0) is 4.79 Å². The molecule has 5 N–H and O–H groups in total. The van der Waals surface area contributed by atoms with Gasteiger partial charge < -0.3 is 21.3 Å². The summed E-state index contributed by atoms with van der Waals surface area (Å²) < 4.78 is 4.83. The van der Waals surface area contributed by atoms with E-state index in [0.717, 1.165) is 24.8 Å². The first-order valence-corrected chi connectivity index (χ1v) is 6.01. The number of phenols is 1. The number of nitrogens with two attached hydrogens (primary N) is 2. The van der Waals surface area contributed by atoms with Crippen LogP contribution in [0.2, 0.25) is 0 Å². The van der Waals surface area contributed by atoms with Gasteiger partial charge in [0.1, 0.15) is 0 Å². The summed E-state index contributed by atoms with van der Waals surface area (Å²) >= 11 is 0. The van der Waals surface area contributed by atoms with Crippen LogP contribution in [-0.4, -0.2) is 17.6 Å². The average Bonchev–Trinajstić information content (AvgIpc) is 2.31. The van der Waals surface area contributed by atoms with Crippen LogP contribution in [0.1, 0.15) is 37.8 Å². The Morgan fingerprint density at radius 3 is 2.63 bits per heavy atom. The average molecular weight is 289 g/mol. The molecular weight excluding hydrogens is 268 g/mol. The summed E-state index contributed by atoms with van der Waals surface area (Å²) in [5.41, 5.74) is 12.2. The molecule has 1 aromatic carbocycles. The zero-order chi connectivity index (χ0) is 13.5. The van der Waals surface area contributed by atoms with Gasteiger partial charge in [0.25, 0.3) is 0 Å². The number of hydrogen-bond donors (Lipinski definition) is 3. The van der Waals surface area contributed by atoms with Crippen molar-refractivity contribution >= 4 is 18.4 Å². The van der Waals surface area contributed by atoms with Crippen LogP contribution < -0.4 is 16.2 Å². The maximum absolute atomic E-state index is 10.8. The molecule has 6 heteroatoms. The Morgan fingerprint density at radius 2 is 2.11 bits per heavy atom. The lowest BCUT2D eigenvalue weighted by atomic mass is 10.0. The Morgan fingerprint density at radius 1 is 1.42 bits per heavy atom. The molecule has 1 atom stereocenters. The molecule has 0 saturated heterocycles. The van der Waals surface area contributed by atoms with E-state index in [1.165, 1.54) is 13.0 Å². The van der Waals surface area contributed by atoms with Gasteiger partial charge in [-0.2, -0.15) is 0 Å². The number of rotatable bonds is 6. The molecule has 0 aliphatic carbocycles. The van der Waals surface area contributed by atoms with Crippen LogP contribution in [0.4, 0.5) is 0 Å². The van der Waals surface area contributed by atoms with Gasteiger partial charge in [-0.15, -0.1) is 12.4 Å². The Labute approximate surface area is 119 Å². The van der Waals surface area contributed by atoms with Crippen molar-refractivity contribution in [1.29, 1.82) is 0 Å². The number of unbranched alkanes of at least 4 members (excludes halogenated alkanes) is 1. The summed E-state index contributed by atoms with van der Waals surface area (Å²) in [5.74, 6) is -0.386. The van der Waals surface area contributed by atoms with Crippen molar-refractivity contribution in [2.75, 3.05) is 6.54 Å². The molecule has 108 valence electrons. The molecule has 1 rings (SSSR count). The highest BCUT2D eigenvalue weighted by molar-refractivity contribution is 5.85. The normalized spacial score (nSPS) is 11.5. The molecule has 0 heterocycles. The van der Waals surface area contributed by atoms with Crippen LogP contribution in [0.5, 0.6) is 11.5 Å². The van der Waals surface area contributed by atoms with Crippen LogP contribution in [0.25, 0.3) is 0 Å². The van der Waals surface area contributed by atoms with Gasteiger partial charge in [-0.05, 0) is 37.1 Å². The molecular formula is C13H21ClN2O3. The Balaban J connectivity index is 0.00000324. The van der Waals surface area contributed by atoms with Crippen molar-refractivity contribution in [3.8, 4) is 11.5 Å². The number of benzene rings is 1. The molecule has 5 nitrogen and oxygen atoms in total. The number of halogens is 1. The van der Waals surface area contributed by atoms with Gasteiger partial charge in [-0.25, -0.2) is 0 Å². The largest absolute Gasteiger partial charge is 0.504 e. The van der Waals surface area contributed by atoms with E-state index < -0.39 is 5.97 Å². The highest BCUT2D eigenvalue weighted by Gasteiger charge is 2.10. The zero-order valence-corrected chi connectivity index (χ0v) is 11.8. The van der Waals surface area contributed by atoms with Crippen LogP contribution in [0, 0.1) is 0 Å². The fourth-order valence-electron chi connectivity index (χ4n) is 1.68. The van der Waals surface area contributed by atoms with Crippen molar-refractivity contribution in [1.82, 2.24) is 0 Å². The van der Waals surface area contributed by atoms with Gasteiger partial charge in [-0.1, -0.05) is 12.5 Å². The third kappa shape index (κ3) is 5.92. The molecule has 0 aliphatic rings. The van der Waals surface area contributed by atoms with Gasteiger partial charge in [0.15, 0.2) is 11.5 Å². The maximum atomic E-state index is 10.8. The first-order valence-electron chi connectivity index (χ1n) is 6.01. The van der Waals surface area contributed by atoms with Gasteiger partial charge in [0.05, 0.1) is 0 Å². The van der Waals surface area contributed by atoms with Crippen LogP contribution >= 0.6 is 12.4 Å². The molecule has 0 bridgehead atoms. The van der Waals surface area contributed by atoms with E-state index in [4.69, 9.17) is 16.2 Å². The second kappa shape index (κ2) is 8.74. The van der Waals surface area contributed by atoms with Gasteiger partial charge in [-0.3, -0.25) is 4.79 Å². The molecule has 0 unspecified atom stereocenters. The minimum atomic E-state index is -0.467. The fraction of sp³-hybridized carbons (Fsp3) is 0.462. The predicted octanol–water partition coefficient (Wildman–Crippen LogP) is 1.87.